The lowest BCUT2D eigenvalue weighted by molar-refractivity contribution is 0.285. The zero-order valence-electron chi connectivity index (χ0n) is 12.6. The van der Waals surface area contributed by atoms with Crippen molar-refractivity contribution >= 4 is 5.69 Å². The molecule has 4 nitrogen and oxygen atoms in total. The first-order chi connectivity index (χ1) is 10.3. The van der Waals surface area contributed by atoms with Crippen molar-refractivity contribution in [2.75, 3.05) is 25.0 Å². The monoisotopic (exact) mass is 282 g/mol. The summed E-state index contributed by atoms with van der Waals surface area (Å²) < 4.78 is 0. The van der Waals surface area contributed by atoms with Gasteiger partial charge in [0.1, 0.15) is 12.1 Å². The van der Waals surface area contributed by atoms with Crippen LogP contribution in [-0.4, -0.2) is 30.6 Å². The molecule has 1 aliphatic rings. The summed E-state index contributed by atoms with van der Waals surface area (Å²) in [4.78, 5) is 2.53. The van der Waals surface area contributed by atoms with Gasteiger partial charge in [0.2, 0.25) is 0 Å². The van der Waals surface area contributed by atoms with Gasteiger partial charge in [-0.3, -0.25) is 0 Å². The Balaban J connectivity index is 1.99. The highest BCUT2D eigenvalue weighted by molar-refractivity contribution is 5.56. The Bertz CT molecular complexity index is 553. The van der Waals surface area contributed by atoms with E-state index >= 15 is 0 Å². The molecule has 0 radical (unpaired) electrons. The standard InChI is InChI=1S/C17H22N4/c1-2-8-21-9-3-4-16(7-10-21)20-17-6-5-14(12-18)15(11-17)13-19/h5-6,11,16,20H,2-4,7-10H2,1H3. The van der Waals surface area contributed by atoms with Gasteiger partial charge >= 0.3 is 0 Å². The summed E-state index contributed by atoms with van der Waals surface area (Å²) in [6, 6.07) is 10.00. The molecule has 0 aliphatic carbocycles. The Labute approximate surface area is 127 Å². The summed E-state index contributed by atoms with van der Waals surface area (Å²) in [6.07, 6.45) is 4.70. The van der Waals surface area contributed by atoms with E-state index in [2.05, 4.69) is 29.3 Å². The molecule has 1 aromatic carbocycles. The lowest BCUT2D eigenvalue weighted by Gasteiger charge is -2.20. The smallest absolute Gasteiger partial charge is 0.101 e. The fourth-order valence-corrected chi connectivity index (χ4v) is 2.90. The minimum Gasteiger partial charge on any atom is -0.382 e. The maximum Gasteiger partial charge on any atom is 0.101 e. The van der Waals surface area contributed by atoms with Crippen LogP contribution in [0.3, 0.4) is 0 Å². The van der Waals surface area contributed by atoms with Crippen LogP contribution in [0, 0.1) is 22.7 Å². The molecular weight excluding hydrogens is 260 g/mol. The molecule has 21 heavy (non-hydrogen) atoms. The number of nitrogens with one attached hydrogen (secondary N) is 1. The number of likely N-dealkylation sites (tertiary alicyclic amines) is 1. The Morgan fingerprint density at radius 1 is 1.19 bits per heavy atom. The zero-order chi connectivity index (χ0) is 15.1. The van der Waals surface area contributed by atoms with Crippen molar-refractivity contribution in [2.45, 2.75) is 38.6 Å². The Hall–Kier alpha value is -2.04. The molecule has 1 atom stereocenters. The average molecular weight is 282 g/mol. The van der Waals surface area contributed by atoms with E-state index in [-0.39, 0.29) is 0 Å². The Morgan fingerprint density at radius 2 is 2.00 bits per heavy atom. The highest BCUT2D eigenvalue weighted by atomic mass is 15.1. The van der Waals surface area contributed by atoms with Crippen LogP contribution >= 0.6 is 0 Å². The quantitative estimate of drug-likeness (QED) is 0.921. The molecule has 1 fully saturated rings. The summed E-state index contributed by atoms with van der Waals surface area (Å²) in [7, 11) is 0. The topological polar surface area (TPSA) is 62.9 Å². The van der Waals surface area contributed by atoms with E-state index in [1.165, 1.54) is 25.9 Å². The van der Waals surface area contributed by atoms with E-state index in [0.717, 1.165) is 25.1 Å². The summed E-state index contributed by atoms with van der Waals surface area (Å²) in [6.45, 7) is 5.72. The fourth-order valence-electron chi connectivity index (χ4n) is 2.90. The first-order valence-electron chi connectivity index (χ1n) is 7.70. The normalized spacial score (nSPS) is 19.3. The van der Waals surface area contributed by atoms with Gasteiger partial charge in [0.05, 0.1) is 11.1 Å². The molecule has 110 valence electrons. The van der Waals surface area contributed by atoms with Gasteiger partial charge in [-0.25, -0.2) is 0 Å². The van der Waals surface area contributed by atoms with Gasteiger partial charge in [-0.1, -0.05) is 6.92 Å². The minimum absolute atomic E-state index is 0.443. The zero-order valence-corrected chi connectivity index (χ0v) is 12.6. The molecule has 0 bridgehead atoms. The van der Waals surface area contributed by atoms with Crippen molar-refractivity contribution in [1.29, 1.82) is 10.5 Å². The van der Waals surface area contributed by atoms with Crippen LogP contribution in [0.4, 0.5) is 5.69 Å². The molecule has 1 heterocycles. The maximum absolute atomic E-state index is 9.08. The van der Waals surface area contributed by atoms with Gasteiger partial charge in [-0.2, -0.15) is 10.5 Å². The molecule has 1 N–H and O–H groups in total. The molecular formula is C17H22N4. The maximum atomic E-state index is 9.08. The van der Waals surface area contributed by atoms with E-state index in [0.29, 0.717) is 17.2 Å². The summed E-state index contributed by atoms with van der Waals surface area (Å²) >= 11 is 0. The molecule has 0 amide bonds. The first-order valence-corrected chi connectivity index (χ1v) is 7.70. The largest absolute Gasteiger partial charge is 0.382 e. The Kier molecular flexibility index (Phi) is 5.60. The van der Waals surface area contributed by atoms with Crippen molar-refractivity contribution < 1.29 is 0 Å². The van der Waals surface area contributed by atoms with Crippen LogP contribution in [0.25, 0.3) is 0 Å². The SMILES string of the molecule is CCCN1CCCC(Nc2ccc(C#N)c(C#N)c2)CC1. The minimum atomic E-state index is 0.443. The van der Waals surface area contributed by atoms with Crippen LogP contribution in [-0.2, 0) is 0 Å². The van der Waals surface area contributed by atoms with Gasteiger partial charge in [-0.15, -0.1) is 0 Å². The third-order valence-electron chi connectivity index (χ3n) is 3.99. The lowest BCUT2D eigenvalue weighted by atomic mass is 10.1. The van der Waals surface area contributed by atoms with E-state index in [4.69, 9.17) is 10.5 Å². The van der Waals surface area contributed by atoms with Crippen LogP contribution in [0.1, 0.15) is 43.7 Å². The van der Waals surface area contributed by atoms with Crippen LogP contribution in [0.15, 0.2) is 18.2 Å². The first kappa shape index (κ1) is 15.4. The van der Waals surface area contributed by atoms with Gasteiger partial charge in [0.25, 0.3) is 0 Å². The van der Waals surface area contributed by atoms with Crippen LogP contribution in [0.5, 0.6) is 0 Å². The molecule has 1 aromatic rings. The van der Waals surface area contributed by atoms with Crippen molar-refractivity contribution in [1.82, 2.24) is 4.90 Å². The summed E-state index contributed by atoms with van der Waals surface area (Å²) in [5, 5.41) is 21.6. The lowest BCUT2D eigenvalue weighted by Crippen LogP contribution is -2.27. The number of hydrogen-bond donors (Lipinski definition) is 1. The van der Waals surface area contributed by atoms with E-state index in [9.17, 15) is 0 Å². The molecule has 1 aliphatic heterocycles. The second-order valence-corrected chi connectivity index (χ2v) is 5.60. The highest BCUT2D eigenvalue weighted by Gasteiger charge is 2.16. The number of anilines is 1. The number of rotatable bonds is 4. The van der Waals surface area contributed by atoms with E-state index in [1.54, 1.807) is 12.1 Å². The predicted molar refractivity (Wildman–Crippen MR) is 83.9 cm³/mol. The number of hydrogen-bond acceptors (Lipinski definition) is 4. The van der Waals surface area contributed by atoms with Gasteiger partial charge in [0.15, 0.2) is 0 Å². The van der Waals surface area contributed by atoms with Crippen molar-refractivity contribution in [3.63, 3.8) is 0 Å². The van der Waals surface area contributed by atoms with Crippen LogP contribution < -0.4 is 5.32 Å². The third-order valence-corrected chi connectivity index (χ3v) is 3.99. The van der Waals surface area contributed by atoms with Crippen LogP contribution in [0.2, 0.25) is 0 Å². The van der Waals surface area contributed by atoms with E-state index < -0.39 is 0 Å². The van der Waals surface area contributed by atoms with Gasteiger partial charge in [0, 0.05) is 18.3 Å². The number of nitrogens with zero attached hydrogens (tertiary/aromatic N) is 3. The predicted octanol–water partition coefficient (Wildman–Crippen LogP) is 3.11. The van der Waals surface area contributed by atoms with Crippen molar-refractivity contribution in [2.24, 2.45) is 0 Å². The number of nitriles is 2. The second-order valence-electron chi connectivity index (χ2n) is 5.60. The molecule has 0 saturated carbocycles. The van der Waals surface area contributed by atoms with Crippen molar-refractivity contribution in [3.05, 3.63) is 29.3 Å². The highest BCUT2D eigenvalue weighted by Crippen LogP contribution is 2.19. The third kappa shape index (κ3) is 4.21. The Morgan fingerprint density at radius 3 is 2.71 bits per heavy atom. The molecule has 0 aromatic heterocycles. The summed E-state index contributed by atoms with van der Waals surface area (Å²) in [5.41, 5.74) is 1.83. The molecule has 2 rings (SSSR count). The molecule has 1 unspecified atom stereocenters. The van der Waals surface area contributed by atoms with Gasteiger partial charge in [-0.05, 0) is 57.0 Å². The second kappa shape index (κ2) is 7.67. The fraction of sp³-hybridized carbons (Fsp3) is 0.529. The number of benzene rings is 1. The molecule has 4 heteroatoms. The average Bonchev–Trinajstić information content (AvgIpc) is 2.73. The van der Waals surface area contributed by atoms with E-state index in [1.807, 2.05) is 6.07 Å². The molecule has 1 saturated heterocycles. The van der Waals surface area contributed by atoms with Crippen molar-refractivity contribution in [3.8, 4) is 12.1 Å². The molecule has 0 spiro atoms. The summed E-state index contributed by atoms with van der Waals surface area (Å²) in [5.74, 6) is 0. The van der Waals surface area contributed by atoms with Gasteiger partial charge < -0.3 is 10.2 Å².